The van der Waals surface area contributed by atoms with Crippen molar-refractivity contribution < 1.29 is 0 Å². The maximum atomic E-state index is 4.25. The van der Waals surface area contributed by atoms with Crippen LogP contribution >= 0.6 is 0 Å². The minimum Gasteiger partial charge on any atom is -0.261 e. The van der Waals surface area contributed by atoms with E-state index in [1.165, 1.54) is 5.71 Å². The van der Waals surface area contributed by atoms with Crippen LogP contribution < -0.4 is 0 Å². The highest BCUT2D eigenvalue weighted by Gasteiger charge is 2.12. The van der Waals surface area contributed by atoms with Gasteiger partial charge in [0, 0.05) is 17.8 Å². The van der Waals surface area contributed by atoms with Crippen molar-refractivity contribution in [3.05, 3.63) is 36.6 Å². The largest absolute Gasteiger partial charge is 0.261 e. The lowest BCUT2D eigenvalue weighted by molar-refractivity contribution is 0.862. The van der Waals surface area contributed by atoms with Crippen LogP contribution in [0.25, 0.3) is 0 Å². The lowest BCUT2D eigenvalue weighted by Gasteiger charge is -2.15. The van der Waals surface area contributed by atoms with Gasteiger partial charge in [0.2, 0.25) is 0 Å². The van der Waals surface area contributed by atoms with Gasteiger partial charge in [0.25, 0.3) is 0 Å². The van der Waals surface area contributed by atoms with Gasteiger partial charge >= 0.3 is 0 Å². The second-order valence-corrected chi connectivity index (χ2v) is 2.52. The number of rotatable bonds is 0. The normalized spacial score (nSPS) is 28.0. The van der Waals surface area contributed by atoms with Gasteiger partial charge in [0.05, 0.1) is 0 Å². The van der Waals surface area contributed by atoms with Crippen molar-refractivity contribution in [2.75, 3.05) is 0 Å². The first-order chi connectivity index (χ1) is 4.97. The Labute approximate surface area is 60.5 Å². The average Bonchev–Trinajstić information content (AvgIpc) is 2.05. The molecule has 1 aliphatic heterocycles. The van der Waals surface area contributed by atoms with Crippen molar-refractivity contribution in [3.63, 3.8) is 0 Å². The zero-order valence-electron chi connectivity index (χ0n) is 5.70. The Balaban J connectivity index is 2.34. The molecular formula is C9H9N. The Kier molecular flexibility index (Phi) is 1.28. The highest BCUT2D eigenvalue weighted by Crippen LogP contribution is 2.17. The maximum absolute atomic E-state index is 4.25. The first-order valence-corrected chi connectivity index (χ1v) is 3.54. The van der Waals surface area contributed by atoms with E-state index in [0.29, 0.717) is 5.92 Å². The molecule has 0 amide bonds. The fourth-order valence-electron chi connectivity index (χ4n) is 1.26. The average molecular weight is 131 g/mol. The fraction of sp³-hybridized carbons (Fsp3) is 0.222. The van der Waals surface area contributed by atoms with Crippen LogP contribution in [0.15, 0.2) is 41.6 Å². The molecule has 1 aliphatic carbocycles. The summed E-state index contributed by atoms with van der Waals surface area (Å²) in [5.41, 5.74) is 1.20. The minimum absolute atomic E-state index is 0.551. The zero-order chi connectivity index (χ0) is 6.81. The van der Waals surface area contributed by atoms with Gasteiger partial charge in [0.15, 0.2) is 0 Å². The van der Waals surface area contributed by atoms with Gasteiger partial charge in [-0.2, -0.15) is 0 Å². The third kappa shape index (κ3) is 0.838. The Bertz CT molecular complexity index is 243. The van der Waals surface area contributed by atoms with Gasteiger partial charge < -0.3 is 0 Å². The summed E-state index contributed by atoms with van der Waals surface area (Å²) in [6.45, 7) is 0. The molecule has 0 saturated carbocycles. The maximum Gasteiger partial charge on any atom is 0.0475 e. The molecule has 1 atom stereocenters. The molecule has 2 rings (SSSR count). The Hall–Kier alpha value is -1.11. The smallest absolute Gasteiger partial charge is 0.0475 e. The van der Waals surface area contributed by atoms with Gasteiger partial charge in [-0.25, -0.2) is 0 Å². The third-order valence-corrected chi connectivity index (χ3v) is 1.82. The topological polar surface area (TPSA) is 12.4 Å². The second kappa shape index (κ2) is 2.25. The molecule has 0 fully saturated rings. The van der Waals surface area contributed by atoms with Crippen molar-refractivity contribution in [2.24, 2.45) is 10.9 Å². The van der Waals surface area contributed by atoms with Crippen LogP contribution in [0.5, 0.6) is 0 Å². The highest BCUT2D eigenvalue weighted by atomic mass is 14.7. The van der Waals surface area contributed by atoms with E-state index in [-0.39, 0.29) is 0 Å². The summed E-state index contributed by atoms with van der Waals surface area (Å²) in [5.74, 6) is 0.551. The monoisotopic (exact) mass is 131 g/mol. The van der Waals surface area contributed by atoms with E-state index >= 15 is 0 Å². The molecule has 1 heterocycles. The Morgan fingerprint density at radius 1 is 1.40 bits per heavy atom. The van der Waals surface area contributed by atoms with Crippen molar-refractivity contribution >= 4 is 5.71 Å². The van der Waals surface area contributed by atoms with Crippen LogP contribution in [-0.2, 0) is 0 Å². The zero-order valence-corrected chi connectivity index (χ0v) is 5.70. The molecule has 0 bridgehead atoms. The third-order valence-electron chi connectivity index (χ3n) is 1.82. The van der Waals surface area contributed by atoms with E-state index in [4.69, 9.17) is 0 Å². The Morgan fingerprint density at radius 3 is 3.30 bits per heavy atom. The van der Waals surface area contributed by atoms with Gasteiger partial charge in [-0.15, -0.1) is 0 Å². The molecule has 0 spiro atoms. The van der Waals surface area contributed by atoms with Crippen molar-refractivity contribution in [1.82, 2.24) is 0 Å². The summed E-state index contributed by atoms with van der Waals surface area (Å²) in [5, 5.41) is 0. The predicted octanol–water partition coefficient (Wildman–Crippen LogP) is 2.09. The van der Waals surface area contributed by atoms with Crippen molar-refractivity contribution in [3.8, 4) is 0 Å². The molecule has 0 N–H and O–H groups in total. The summed E-state index contributed by atoms with van der Waals surface area (Å²) < 4.78 is 0. The van der Waals surface area contributed by atoms with E-state index in [0.717, 1.165) is 6.42 Å². The van der Waals surface area contributed by atoms with Crippen LogP contribution in [0, 0.1) is 5.92 Å². The van der Waals surface area contributed by atoms with E-state index in [9.17, 15) is 0 Å². The van der Waals surface area contributed by atoms with E-state index in [2.05, 4.69) is 29.3 Å². The van der Waals surface area contributed by atoms with Gasteiger partial charge in [-0.05, 0) is 12.5 Å². The molecule has 1 nitrogen and oxygen atoms in total. The first-order valence-electron chi connectivity index (χ1n) is 3.54. The summed E-state index contributed by atoms with van der Waals surface area (Å²) >= 11 is 0. The van der Waals surface area contributed by atoms with E-state index in [1.54, 1.807) is 0 Å². The van der Waals surface area contributed by atoms with E-state index in [1.807, 2.05) is 12.3 Å². The Morgan fingerprint density at radius 2 is 2.40 bits per heavy atom. The van der Waals surface area contributed by atoms with Crippen molar-refractivity contribution in [1.29, 1.82) is 0 Å². The second-order valence-electron chi connectivity index (χ2n) is 2.52. The highest BCUT2D eigenvalue weighted by molar-refractivity contribution is 6.00. The lowest BCUT2D eigenvalue weighted by Crippen LogP contribution is -2.12. The molecule has 10 heavy (non-hydrogen) atoms. The SMILES string of the molecule is C1=CC2=NC=CCC2C=C1. The van der Waals surface area contributed by atoms with Crippen LogP contribution in [0.1, 0.15) is 6.42 Å². The molecular weight excluding hydrogens is 122 g/mol. The molecule has 0 aromatic rings. The predicted molar refractivity (Wildman–Crippen MR) is 43.0 cm³/mol. The van der Waals surface area contributed by atoms with Crippen LogP contribution in [-0.4, -0.2) is 5.71 Å². The molecule has 0 aromatic heterocycles. The number of nitrogens with zero attached hydrogens (tertiary/aromatic N) is 1. The van der Waals surface area contributed by atoms with Gasteiger partial charge in [-0.1, -0.05) is 24.3 Å². The number of fused-ring (bicyclic) bond motifs is 1. The standard InChI is InChI=1S/C9H9N/c1-2-6-9-8(4-1)5-3-7-10-9/h1-4,6-8H,5H2. The quantitative estimate of drug-likeness (QED) is 0.477. The molecule has 0 saturated heterocycles. The molecule has 2 aliphatic rings. The summed E-state index contributed by atoms with van der Waals surface area (Å²) in [7, 11) is 0. The van der Waals surface area contributed by atoms with Crippen molar-refractivity contribution in [2.45, 2.75) is 6.42 Å². The summed E-state index contributed by atoms with van der Waals surface area (Å²) in [4.78, 5) is 4.25. The first kappa shape index (κ1) is 5.66. The molecule has 0 aromatic carbocycles. The number of aliphatic imine (C=N–C) groups is 1. The van der Waals surface area contributed by atoms with Crippen LogP contribution in [0.2, 0.25) is 0 Å². The van der Waals surface area contributed by atoms with Crippen LogP contribution in [0.3, 0.4) is 0 Å². The minimum atomic E-state index is 0.551. The van der Waals surface area contributed by atoms with Gasteiger partial charge in [0.1, 0.15) is 0 Å². The molecule has 0 radical (unpaired) electrons. The molecule has 1 unspecified atom stereocenters. The van der Waals surface area contributed by atoms with E-state index < -0.39 is 0 Å². The fourth-order valence-corrected chi connectivity index (χ4v) is 1.26. The van der Waals surface area contributed by atoms with Gasteiger partial charge in [-0.3, -0.25) is 4.99 Å². The number of hydrogen-bond acceptors (Lipinski definition) is 1. The molecule has 50 valence electrons. The lowest BCUT2D eigenvalue weighted by atomic mass is 9.94. The number of hydrogen-bond donors (Lipinski definition) is 0. The summed E-state index contributed by atoms with van der Waals surface area (Å²) in [6, 6.07) is 0. The number of allylic oxidation sites excluding steroid dienone is 5. The van der Waals surface area contributed by atoms with Crippen LogP contribution in [0.4, 0.5) is 0 Å². The molecule has 1 heteroatoms. The summed E-state index contributed by atoms with van der Waals surface area (Å²) in [6.07, 6.45) is 13.5.